The zero-order valence-electron chi connectivity index (χ0n) is 13.0. The molecule has 2 aromatic rings. The standard InChI is InChI=1S/C15H22BrN5/c1-5-13(11-6-8-12(16)9-7-11)17-10-14-18-20-21(19-14)15(2,3)4/h6-9,13,17H,5,10H2,1-4H3. The third-order valence-electron chi connectivity index (χ3n) is 3.24. The van der Waals surface area contributed by atoms with Crippen molar-refractivity contribution in [3.63, 3.8) is 0 Å². The summed E-state index contributed by atoms with van der Waals surface area (Å²) in [6, 6.07) is 8.68. The van der Waals surface area contributed by atoms with E-state index in [1.165, 1.54) is 5.56 Å². The van der Waals surface area contributed by atoms with Gasteiger partial charge in [0.15, 0.2) is 5.82 Å². The van der Waals surface area contributed by atoms with E-state index >= 15 is 0 Å². The van der Waals surface area contributed by atoms with Crippen molar-refractivity contribution in [2.45, 2.75) is 52.2 Å². The summed E-state index contributed by atoms with van der Waals surface area (Å²) < 4.78 is 1.09. The normalized spacial score (nSPS) is 13.4. The van der Waals surface area contributed by atoms with Gasteiger partial charge in [0, 0.05) is 10.5 Å². The fraction of sp³-hybridized carbons (Fsp3) is 0.533. The molecule has 6 heteroatoms. The first-order valence-electron chi connectivity index (χ1n) is 7.18. The number of benzene rings is 1. The van der Waals surface area contributed by atoms with Crippen LogP contribution in [0.4, 0.5) is 0 Å². The molecule has 1 heterocycles. The average molecular weight is 352 g/mol. The third-order valence-corrected chi connectivity index (χ3v) is 3.77. The van der Waals surface area contributed by atoms with Crippen LogP contribution in [-0.2, 0) is 12.1 Å². The van der Waals surface area contributed by atoms with Gasteiger partial charge in [0.2, 0.25) is 0 Å². The molecule has 1 aromatic heterocycles. The van der Waals surface area contributed by atoms with Crippen molar-refractivity contribution < 1.29 is 0 Å². The molecule has 114 valence electrons. The minimum absolute atomic E-state index is 0.138. The van der Waals surface area contributed by atoms with Crippen LogP contribution in [0, 0.1) is 0 Å². The first-order valence-corrected chi connectivity index (χ1v) is 7.97. The Morgan fingerprint density at radius 1 is 1.24 bits per heavy atom. The van der Waals surface area contributed by atoms with Gasteiger partial charge < -0.3 is 5.32 Å². The quantitative estimate of drug-likeness (QED) is 0.896. The molecular weight excluding hydrogens is 330 g/mol. The Labute approximate surface area is 134 Å². The molecule has 5 nitrogen and oxygen atoms in total. The van der Waals surface area contributed by atoms with Crippen molar-refractivity contribution >= 4 is 15.9 Å². The van der Waals surface area contributed by atoms with Crippen LogP contribution in [0.25, 0.3) is 0 Å². The van der Waals surface area contributed by atoms with Crippen molar-refractivity contribution in [1.82, 2.24) is 25.5 Å². The molecule has 0 radical (unpaired) electrons. The summed E-state index contributed by atoms with van der Waals surface area (Å²) in [6.45, 7) is 8.96. The predicted molar refractivity (Wildman–Crippen MR) is 86.8 cm³/mol. The summed E-state index contributed by atoms with van der Waals surface area (Å²) in [5, 5.41) is 16.1. The largest absolute Gasteiger partial charge is 0.303 e. The van der Waals surface area contributed by atoms with Crippen LogP contribution in [0.2, 0.25) is 0 Å². The maximum Gasteiger partial charge on any atom is 0.188 e. The number of rotatable bonds is 5. The van der Waals surface area contributed by atoms with E-state index in [0.717, 1.165) is 16.7 Å². The SMILES string of the molecule is CCC(NCc1nnn(C(C)(C)C)n1)c1ccc(Br)cc1. The molecule has 0 aliphatic rings. The number of nitrogens with one attached hydrogen (secondary N) is 1. The zero-order valence-corrected chi connectivity index (χ0v) is 14.6. The molecular formula is C15H22BrN5. The van der Waals surface area contributed by atoms with Crippen molar-refractivity contribution in [3.8, 4) is 0 Å². The molecule has 0 aliphatic carbocycles. The van der Waals surface area contributed by atoms with E-state index in [1.54, 1.807) is 4.80 Å². The smallest absolute Gasteiger partial charge is 0.188 e. The van der Waals surface area contributed by atoms with Crippen LogP contribution in [0.1, 0.15) is 51.5 Å². The van der Waals surface area contributed by atoms with Gasteiger partial charge in [0.25, 0.3) is 0 Å². The Bertz CT molecular complexity index is 570. The Morgan fingerprint density at radius 2 is 1.90 bits per heavy atom. The molecule has 0 amide bonds. The number of halogens is 1. The van der Waals surface area contributed by atoms with E-state index in [2.05, 4.69) is 88.6 Å². The summed E-state index contributed by atoms with van der Waals surface area (Å²) in [7, 11) is 0. The highest BCUT2D eigenvalue weighted by Gasteiger charge is 2.17. The molecule has 1 unspecified atom stereocenters. The van der Waals surface area contributed by atoms with E-state index < -0.39 is 0 Å². The van der Waals surface area contributed by atoms with Crippen LogP contribution in [0.3, 0.4) is 0 Å². The Morgan fingerprint density at radius 3 is 2.43 bits per heavy atom. The Kier molecular flexibility index (Phi) is 5.11. The Balaban J connectivity index is 2.00. The van der Waals surface area contributed by atoms with Gasteiger partial charge in [-0.1, -0.05) is 35.0 Å². The zero-order chi connectivity index (χ0) is 15.5. The molecule has 0 spiro atoms. The fourth-order valence-corrected chi connectivity index (χ4v) is 2.27. The lowest BCUT2D eigenvalue weighted by Crippen LogP contribution is -2.25. The van der Waals surface area contributed by atoms with Gasteiger partial charge in [-0.05, 0) is 50.1 Å². The molecule has 0 bridgehead atoms. The second-order valence-electron chi connectivity index (χ2n) is 6.06. The summed E-state index contributed by atoms with van der Waals surface area (Å²) in [5.74, 6) is 0.723. The summed E-state index contributed by atoms with van der Waals surface area (Å²) >= 11 is 3.46. The molecule has 1 atom stereocenters. The highest BCUT2D eigenvalue weighted by atomic mass is 79.9. The number of hydrogen-bond acceptors (Lipinski definition) is 4. The van der Waals surface area contributed by atoms with E-state index in [9.17, 15) is 0 Å². The second-order valence-corrected chi connectivity index (χ2v) is 6.97. The number of tetrazole rings is 1. The van der Waals surface area contributed by atoms with E-state index in [1.807, 2.05) is 0 Å². The monoisotopic (exact) mass is 351 g/mol. The van der Waals surface area contributed by atoms with Crippen LogP contribution in [0.5, 0.6) is 0 Å². The molecule has 0 aliphatic heterocycles. The highest BCUT2D eigenvalue weighted by molar-refractivity contribution is 9.10. The van der Waals surface area contributed by atoms with Crippen molar-refractivity contribution in [1.29, 1.82) is 0 Å². The van der Waals surface area contributed by atoms with Gasteiger partial charge in [-0.15, -0.1) is 10.2 Å². The second kappa shape index (κ2) is 6.66. The van der Waals surface area contributed by atoms with Gasteiger partial charge in [-0.3, -0.25) is 0 Å². The molecule has 1 aromatic carbocycles. The molecule has 1 N–H and O–H groups in total. The van der Waals surface area contributed by atoms with Gasteiger partial charge in [0.1, 0.15) is 0 Å². The number of hydrogen-bond donors (Lipinski definition) is 1. The molecule has 0 saturated heterocycles. The molecule has 2 rings (SSSR count). The topological polar surface area (TPSA) is 55.6 Å². The average Bonchev–Trinajstić information content (AvgIpc) is 2.90. The van der Waals surface area contributed by atoms with Gasteiger partial charge in [-0.25, -0.2) is 0 Å². The van der Waals surface area contributed by atoms with Crippen molar-refractivity contribution in [3.05, 3.63) is 40.1 Å². The highest BCUT2D eigenvalue weighted by Crippen LogP contribution is 2.19. The Hall–Kier alpha value is -1.27. The van der Waals surface area contributed by atoms with E-state index in [-0.39, 0.29) is 5.54 Å². The lowest BCUT2D eigenvalue weighted by molar-refractivity contribution is 0.305. The van der Waals surface area contributed by atoms with Crippen LogP contribution in [0.15, 0.2) is 28.7 Å². The first-order chi connectivity index (χ1) is 9.90. The van der Waals surface area contributed by atoms with Crippen LogP contribution in [-0.4, -0.2) is 20.2 Å². The molecule has 21 heavy (non-hydrogen) atoms. The van der Waals surface area contributed by atoms with Crippen molar-refractivity contribution in [2.24, 2.45) is 0 Å². The van der Waals surface area contributed by atoms with E-state index in [4.69, 9.17) is 0 Å². The number of aromatic nitrogens is 4. The van der Waals surface area contributed by atoms with Gasteiger partial charge in [-0.2, -0.15) is 4.80 Å². The van der Waals surface area contributed by atoms with E-state index in [0.29, 0.717) is 12.6 Å². The fourth-order valence-electron chi connectivity index (χ4n) is 2.01. The minimum atomic E-state index is -0.138. The first kappa shape index (κ1) is 16.1. The third kappa shape index (κ3) is 4.35. The maximum absolute atomic E-state index is 4.42. The maximum atomic E-state index is 4.42. The predicted octanol–water partition coefficient (Wildman–Crippen LogP) is 3.43. The van der Waals surface area contributed by atoms with Gasteiger partial charge >= 0.3 is 0 Å². The van der Waals surface area contributed by atoms with Crippen molar-refractivity contribution in [2.75, 3.05) is 0 Å². The number of nitrogens with zero attached hydrogens (tertiary/aromatic N) is 4. The minimum Gasteiger partial charge on any atom is -0.303 e. The van der Waals surface area contributed by atoms with Crippen LogP contribution < -0.4 is 5.32 Å². The summed E-state index contributed by atoms with van der Waals surface area (Å²) in [6.07, 6.45) is 1.01. The lowest BCUT2D eigenvalue weighted by Gasteiger charge is -2.17. The summed E-state index contributed by atoms with van der Waals surface area (Å²) in [5.41, 5.74) is 1.13. The molecule has 0 fully saturated rings. The van der Waals surface area contributed by atoms with Gasteiger partial charge in [0.05, 0.1) is 12.1 Å². The van der Waals surface area contributed by atoms with Crippen LogP contribution >= 0.6 is 15.9 Å². The summed E-state index contributed by atoms with van der Waals surface area (Å²) in [4.78, 5) is 1.66. The lowest BCUT2D eigenvalue weighted by atomic mass is 10.0. The molecule has 0 saturated carbocycles.